The zero-order valence-corrected chi connectivity index (χ0v) is 10.8. The predicted octanol–water partition coefficient (Wildman–Crippen LogP) is 3.84. The number of rotatable bonds is 8. The van der Waals surface area contributed by atoms with Gasteiger partial charge in [-0.15, -0.1) is 0 Å². The van der Waals surface area contributed by atoms with Gasteiger partial charge >= 0.3 is 0 Å². The SMILES string of the molecule is CCNC(CCCCC(C)C)C(C)C. The summed E-state index contributed by atoms with van der Waals surface area (Å²) in [5, 5.41) is 3.57. The second-order valence-corrected chi connectivity index (χ2v) is 5.09. The molecule has 1 N–H and O–H groups in total. The van der Waals surface area contributed by atoms with E-state index in [4.69, 9.17) is 0 Å². The molecule has 0 aromatic rings. The molecule has 0 fully saturated rings. The molecule has 0 bridgehead atoms. The van der Waals surface area contributed by atoms with Gasteiger partial charge in [0.1, 0.15) is 0 Å². The maximum atomic E-state index is 3.57. The van der Waals surface area contributed by atoms with Gasteiger partial charge in [-0.25, -0.2) is 0 Å². The molecule has 0 rings (SSSR count). The lowest BCUT2D eigenvalue weighted by molar-refractivity contribution is 0.367. The standard InChI is InChI=1S/C13H29N/c1-6-14-13(12(4)5)10-8-7-9-11(2)3/h11-14H,6-10H2,1-5H3. The van der Waals surface area contributed by atoms with E-state index in [1.165, 1.54) is 25.7 Å². The van der Waals surface area contributed by atoms with Crippen LogP contribution >= 0.6 is 0 Å². The Morgan fingerprint density at radius 1 is 0.929 bits per heavy atom. The summed E-state index contributed by atoms with van der Waals surface area (Å²) in [5.41, 5.74) is 0. The third-order valence-corrected chi connectivity index (χ3v) is 2.82. The van der Waals surface area contributed by atoms with E-state index in [2.05, 4.69) is 39.9 Å². The van der Waals surface area contributed by atoms with Crippen molar-refractivity contribution in [2.45, 2.75) is 66.3 Å². The van der Waals surface area contributed by atoms with E-state index in [9.17, 15) is 0 Å². The number of hydrogen-bond donors (Lipinski definition) is 1. The Bertz CT molecular complexity index is 118. The van der Waals surface area contributed by atoms with E-state index < -0.39 is 0 Å². The predicted molar refractivity (Wildman–Crippen MR) is 65.6 cm³/mol. The van der Waals surface area contributed by atoms with Gasteiger partial charge in [-0.05, 0) is 24.8 Å². The van der Waals surface area contributed by atoms with Gasteiger partial charge in [0.25, 0.3) is 0 Å². The monoisotopic (exact) mass is 199 g/mol. The first-order valence-corrected chi connectivity index (χ1v) is 6.31. The minimum atomic E-state index is 0.729. The first-order chi connectivity index (χ1) is 6.57. The van der Waals surface area contributed by atoms with Gasteiger partial charge < -0.3 is 5.32 Å². The highest BCUT2D eigenvalue weighted by atomic mass is 14.9. The van der Waals surface area contributed by atoms with Crippen LogP contribution in [0.3, 0.4) is 0 Å². The highest BCUT2D eigenvalue weighted by Gasteiger charge is 2.10. The van der Waals surface area contributed by atoms with Crippen LogP contribution in [0, 0.1) is 11.8 Å². The number of nitrogens with one attached hydrogen (secondary N) is 1. The summed E-state index contributed by atoms with van der Waals surface area (Å²) in [5.74, 6) is 1.64. The van der Waals surface area contributed by atoms with E-state index >= 15 is 0 Å². The van der Waals surface area contributed by atoms with Crippen molar-refractivity contribution in [3.63, 3.8) is 0 Å². The molecule has 0 amide bonds. The van der Waals surface area contributed by atoms with Crippen molar-refractivity contribution in [2.24, 2.45) is 11.8 Å². The summed E-state index contributed by atoms with van der Waals surface area (Å²) in [7, 11) is 0. The van der Waals surface area contributed by atoms with Crippen LogP contribution in [0.5, 0.6) is 0 Å². The molecular formula is C13H29N. The van der Waals surface area contributed by atoms with Gasteiger partial charge in [-0.2, -0.15) is 0 Å². The largest absolute Gasteiger partial charge is 0.314 e. The fourth-order valence-corrected chi connectivity index (χ4v) is 1.85. The van der Waals surface area contributed by atoms with E-state index in [1.807, 2.05) is 0 Å². The summed E-state index contributed by atoms with van der Waals surface area (Å²) < 4.78 is 0. The summed E-state index contributed by atoms with van der Waals surface area (Å²) in [6, 6.07) is 0.729. The minimum Gasteiger partial charge on any atom is -0.314 e. The first-order valence-electron chi connectivity index (χ1n) is 6.31. The van der Waals surface area contributed by atoms with E-state index in [0.29, 0.717) is 0 Å². The van der Waals surface area contributed by atoms with Crippen LogP contribution in [-0.4, -0.2) is 12.6 Å². The van der Waals surface area contributed by atoms with Crippen molar-refractivity contribution in [2.75, 3.05) is 6.54 Å². The molecule has 1 nitrogen and oxygen atoms in total. The third kappa shape index (κ3) is 7.37. The van der Waals surface area contributed by atoms with E-state index in [1.54, 1.807) is 0 Å². The van der Waals surface area contributed by atoms with Gasteiger partial charge in [-0.1, -0.05) is 53.9 Å². The Morgan fingerprint density at radius 2 is 1.50 bits per heavy atom. The lowest BCUT2D eigenvalue weighted by atomic mass is 9.96. The highest BCUT2D eigenvalue weighted by Crippen LogP contribution is 2.13. The van der Waals surface area contributed by atoms with Crippen molar-refractivity contribution in [3.05, 3.63) is 0 Å². The molecule has 0 aliphatic rings. The average molecular weight is 199 g/mol. The molecule has 0 spiro atoms. The molecular weight excluding hydrogens is 170 g/mol. The minimum absolute atomic E-state index is 0.729. The molecule has 1 atom stereocenters. The van der Waals surface area contributed by atoms with Gasteiger partial charge in [0.05, 0.1) is 0 Å². The average Bonchev–Trinajstić information content (AvgIpc) is 2.09. The van der Waals surface area contributed by atoms with Crippen molar-refractivity contribution >= 4 is 0 Å². The fourth-order valence-electron chi connectivity index (χ4n) is 1.85. The van der Waals surface area contributed by atoms with Gasteiger partial charge in [0.15, 0.2) is 0 Å². The second-order valence-electron chi connectivity index (χ2n) is 5.09. The van der Waals surface area contributed by atoms with E-state index in [-0.39, 0.29) is 0 Å². The zero-order chi connectivity index (χ0) is 11.0. The number of hydrogen-bond acceptors (Lipinski definition) is 1. The maximum Gasteiger partial charge on any atom is 0.00899 e. The Balaban J connectivity index is 3.50. The summed E-state index contributed by atoms with van der Waals surface area (Å²) in [6.45, 7) is 12.6. The fraction of sp³-hybridized carbons (Fsp3) is 1.00. The van der Waals surface area contributed by atoms with Gasteiger partial charge in [0, 0.05) is 6.04 Å². The van der Waals surface area contributed by atoms with Crippen LogP contribution in [-0.2, 0) is 0 Å². The van der Waals surface area contributed by atoms with Crippen molar-refractivity contribution in [1.82, 2.24) is 5.32 Å². The van der Waals surface area contributed by atoms with Crippen molar-refractivity contribution < 1.29 is 0 Å². The number of unbranched alkanes of at least 4 members (excludes halogenated alkanes) is 1. The van der Waals surface area contributed by atoms with Crippen molar-refractivity contribution in [1.29, 1.82) is 0 Å². The topological polar surface area (TPSA) is 12.0 Å². The Kier molecular flexibility index (Phi) is 8.26. The van der Waals surface area contributed by atoms with Crippen LogP contribution in [0.1, 0.15) is 60.3 Å². The normalized spacial score (nSPS) is 13.9. The Morgan fingerprint density at radius 3 is 1.93 bits per heavy atom. The summed E-state index contributed by atoms with van der Waals surface area (Å²) in [4.78, 5) is 0. The van der Waals surface area contributed by atoms with Crippen molar-refractivity contribution in [3.8, 4) is 0 Å². The third-order valence-electron chi connectivity index (χ3n) is 2.82. The molecule has 0 heterocycles. The summed E-state index contributed by atoms with van der Waals surface area (Å²) >= 11 is 0. The lowest BCUT2D eigenvalue weighted by Gasteiger charge is -2.21. The lowest BCUT2D eigenvalue weighted by Crippen LogP contribution is -2.33. The second kappa shape index (κ2) is 8.28. The Hall–Kier alpha value is -0.0400. The molecule has 86 valence electrons. The molecule has 0 saturated carbocycles. The van der Waals surface area contributed by atoms with Crippen LogP contribution in [0.2, 0.25) is 0 Å². The molecule has 1 heteroatoms. The zero-order valence-electron chi connectivity index (χ0n) is 10.8. The maximum absolute atomic E-state index is 3.57. The van der Waals surface area contributed by atoms with Gasteiger partial charge in [-0.3, -0.25) is 0 Å². The smallest absolute Gasteiger partial charge is 0.00899 e. The summed E-state index contributed by atoms with van der Waals surface area (Å²) in [6.07, 6.45) is 5.51. The molecule has 0 aliphatic heterocycles. The molecule has 0 saturated heterocycles. The van der Waals surface area contributed by atoms with Crippen LogP contribution in [0.25, 0.3) is 0 Å². The molecule has 1 unspecified atom stereocenters. The van der Waals surface area contributed by atoms with Crippen LogP contribution < -0.4 is 5.32 Å². The van der Waals surface area contributed by atoms with Crippen LogP contribution in [0.15, 0.2) is 0 Å². The van der Waals surface area contributed by atoms with Crippen LogP contribution in [0.4, 0.5) is 0 Å². The van der Waals surface area contributed by atoms with Gasteiger partial charge in [0.2, 0.25) is 0 Å². The first kappa shape index (κ1) is 14.0. The molecule has 0 aliphatic carbocycles. The Labute approximate surface area is 90.7 Å². The molecule has 0 aromatic carbocycles. The highest BCUT2D eigenvalue weighted by molar-refractivity contribution is 4.69. The molecule has 14 heavy (non-hydrogen) atoms. The molecule has 0 aromatic heterocycles. The quantitative estimate of drug-likeness (QED) is 0.586. The van der Waals surface area contributed by atoms with E-state index in [0.717, 1.165) is 24.4 Å². The molecule has 0 radical (unpaired) electrons.